The van der Waals surface area contributed by atoms with E-state index in [9.17, 15) is 0 Å². The van der Waals surface area contributed by atoms with Crippen LogP contribution in [0.25, 0.3) is 10.8 Å². The van der Waals surface area contributed by atoms with Gasteiger partial charge in [0.05, 0.1) is 17.8 Å². The predicted molar refractivity (Wildman–Crippen MR) is 87.4 cm³/mol. The highest BCUT2D eigenvalue weighted by molar-refractivity contribution is 6.37. The fraction of sp³-hybridized carbons (Fsp3) is 0.0625. The van der Waals surface area contributed by atoms with Crippen molar-refractivity contribution in [2.45, 2.75) is 0 Å². The molecule has 1 aromatic heterocycles. The van der Waals surface area contributed by atoms with Gasteiger partial charge in [-0.2, -0.15) is 0 Å². The fourth-order valence-corrected chi connectivity index (χ4v) is 2.50. The van der Waals surface area contributed by atoms with E-state index in [0.29, 0.717) is 16.5 Å². The highest BCUT2D eigenvalue weighted by Gasteiger charge is 2.11. The third kappa shape index (κ3) is 2.45. The Kier molecular flexibility index (Phi) is 3.54. The van der Waals surface area contributed by atoms with E-state index in [-0.39, 0.29) is 0 Å². The number of pyridine rings is 1. The lowest BCUT2D eigenvalue weighted by Gasteiger charge is -2.13. The molecule has 0 aliphatic rings. The summed E-state index contributed by atoms with van der Waals surface area (Å²) in [4.78, 5) is 4.37. The van der Waals surface area contributed by atoms with Crippen LogP contribution in [-0.4, -0.2) is 12.1 Å². The van der Waals surface area contributed by atoms with Gasteiger partial charge in [-0.25, -0.2) is 4.98 Å². The van der Waals surface area contributed by atoms with E-state index in [1.54, 1.807) is 25.4 Å². The second kappa shape index (κ2) is 5.50. The Labute approximate surface area is 127 Å². The number of ether oxygens (including phenoxy) is 1. The molecular weight excluding hydrogens is 286 g/mol. The number of nitrogens with zero attached hydrogens (tertiary/aromatic N) is 1. The fourth-order valence-electron chi connectivity index (χ4n) is 2.25. The van der Waals surface area contributed by atoms with Gasteiger partial charge >= 0.3 is 0 Å². The quantitative estimate of drug-likeness (QED) is 0.711. The molecule has 3 N–H and O–H groups in total. The number of nitrogens with two attached hydrogens (primary N) is 1. The van der Waals surface area contributed by atoms with Gasteiger partial charge in [0.25, 0.3) is 0 Å². The Hall–Kier alpha value is -2.46. The first-order valence-corrected chi connectivity index (χ1v) is 6.81. The summed E-state index contributed by atoms with van der Waals surface area (Å²) in [6, 6.07) is 13.0. The third-order valence-corrected chi connectivity index (χ3v) is 3.59. The number of nitrogens with one attached hydrogen (secondary N) is 1. The summed E-state index contributed by atoms with van der Waals surface area (Å²) >= 11 is 6.31. The molecule has 0 aliphatic carbocycles. The number of aromatic nitrogens is 1. The van der Waals surface area contributed by atoms with E-state index in [1.165, 1.54) is 0 Å². The van der Waals surface area contributed by atoms with Crippen molar-refractivity contribution in [2.24, 2.45) is 0 Å². The van der Waals surface area contributed by atoms with Gasteiger partial charge in [-0.05, 0) is 30.3 Å². The number of para-hydroxylation sites is 2. The predicted octanol–water partition coefficient (Wildman–Crippen LogP) is 4.22. The van der Waals surface area contributed by atoms with Gasteiger partial charge in [0.1, 0.15) is 11.6 Å². The highest BCUT2D eigenvalue weighted by atomic mass is 35.5. The molecule has 4 nitrogen and oxygen atoms in total. The van der Waals surface area contributed by atoms with Crippen molar-refractivity contribution in [3.05, 3.63) is 53.7 Å². The lowest BCUT2D eigenvalue weighted by molar-refractivity contribution is 0.417. The van der Waals surface area contributed by atoms with Crippen molar-refractivity contribution in [1.82, 2.24) is 4.98 Å². The molecule has 3 aromatic rings. The third-order valence-electron chi connectivity index (χ3n) is 3.27. The van der Waals surface area contributed by atoms with Crippen molar-refractivity contribution in [3.8, 4) is 5.75 Å². The molecule has 0 radical (unpaired) electrons. The minimum absolute atomic E-state index is 0.602. The molecular formula is C16H14ClN3O. The molecule has 0 saturated heterocycles. The van der Waals surface area contributed by atoms with Crippen molar-refractivity contribution in [1.29, 1.82) is 0 Å². The number of anilines is 3. The Bertz CT molecular complexity index is 805. The van der Waals surface area contributed by atoms with Crippen LogP contribution in [0.15, 0.2) is 48.7 Å². The van der Waals surface area contributed by atoms with Crippen LogP contribution in [0.5, 0.6) is 5.75 Å². The summed E-state index contributed by atoms with van der Waals surface area (Å²) in [5, 5.41) is 5.53. The molecule has 0 saturated carbocycles. The van der Waals surface area contributed by atoms with E-state index in [0.717, 1.165) is 22.2 Å². The molecule has 2 aromatic carbocycles. The molecule has 0 spiro atoms. The van der Waals surface area contributed by atoms with Crippen LogP contribution in [0.2, 0.25) is 5.02 Å². The van der Waals surface area contributed by atoms with Gasteiger partial charge in [-0.1, -0.05) is 23.7 Å². The highest BCUT2D eigenvalue weighted by Crippen LogP contribution is 2.35. The van der Waals surface area contributed by atoms with Crippen LogP contribution >= 0.6 is 11.6 Å². The Balaban J connectivity index is 2.15. The molecule has 0 fully saturated rings. The maximum Gasteiger partial charge on any atom is 0.142 e. The van der Waals surface area contributed by atoms with Crippen molar-refractivity contribution in [2.75, 3.05) is 18.2 Å². The summed E-state index contributed by atoms with van der Waals surface area (Å²) in [7, 11) is 1.63. The van der Waals surface area contributed by atoms with Crippen LogP contribution in [-0.2, 0) is 0 Å². The summed E-state index contributed by atoms with van der Waals surface area (Å²) < 4.78 is 5.34. The van der Waals surface area contributed by atoms with E-state index in [1.807, 2.05) is 30.3 Å². The van der Waals surface area contributed by atoms with E-state index in [4.69, 9.17) is 22.1 Å². The van der Waals surface area contributed by atoms with Crippen LogP contribution in [0, 0.1) is 0 Å². The largest absolute Gasteiger partial charge is 0.495 e. The topological polar surface area (TPSA) is 60.2 Å². The number of rotatable bonds is 3. The number of fused-ring (bicyclic) bond motifs is 1. The van der Waals surface area contributed by atoms with Gasteiger partial charge in [-0.15, -0.1) is 0 Å². The second-order valence-electron chi connectivity index (χ2n) is 4.54. The number of halogens is 1. The molecule has 0 bridgehead atoms. The van der Waals surface area contributed by atoms with Gasteiger partial charge in [-0.3, -0.25) is 0 Å². The first-order valence-electron chi connectivity index (χ1n) is 6.43. The Morgan fingerprint density at radius 2 is 1.95 bits per heavy atom. The summed E-state index contributed by atoms with van der Waals surface area (Å²) in [6.07, 6.45) is 1.70. The van der Waals surface area contributed by atoms with Crippen LogP contribution < -0.4 is 15.8 Å². The van der Waals surface area contributed by atoms with E-state index < -0.39 is 0 Å². The van der Waals surface area contributed by atoms with Crippen LogP contribution in [0.3, 0.4) is 0 Å². The zero-order valence-corrected chi connectivity index (χ0v) is 12.2. The molecule has 3 rings (SSSR count). The normalized spacial score (nSPS) is 10.6. The smallest absolute Gasteiger partial charge is 0.142 e. The molecule has 21 heavy (non-hydrogen) atoms. The molecule has 0 atom stereocenters. The van der Waals surface area contributed by atoms with Crippen molar-refractivity contribution >= 4 is 39.6 Å². The Morgan fingerprint density at radius 3 is 2.76 bits per heavy atom. The minimum Gasteiger partial charge on any atom is -0.495 e. The number of methoxy groups -OCH3 is 1. The van der Waals surface area contributed by atoms with Crippen LogP contribution in [0.4, 0.5) is 17.2 Å². The van der Waals surface area contributed by atoms with Gasteiger partial charge in [0.2, 0.25) is 0 Å². The number of nitrogen functional groups attached to an aromatic ring is 1. The molecule has 5 heteroatoms. The SMILES string of the molecule is COc1ccccc1Nc1nccc2c(N)ccc(Cl)c12. The Morgan fingerprint density at radius 1 is 1.14 bits per heavy atom. The molecule has 1 heterocycles. The number of hydrogen-bond donors (Lipinski definition) is 2. The lowest BCUT2D eigenvalue weighted by Crippen LogP contribution is -1.98. The van der Waals surface area contributed by atoms with Gasteiger partial charge in [0, 0.05) is 22.7 Å². The zero-order chi connectivity index (χ0) is 14.8. The summed E-state index contributed by atoms with van der Waals surface area (Å²) in [6.45, 7) is 0. The maximum absolute atomic E-state index is 6.31. The lowest BCUT2D eigenvalue weighted by atomic mass is 10.1. The number of hydrogen-bond acceptors (Lipinski definition) is 4. The van der Waals surface area contributed by atoms with Crippen LogP contribution in [0.1, 0.15) is 0 Å². The van der Waals surface area contributed by atoms with Gasteiger partial charge < -0.3 is 15.8 Å². The average Bonchev–Trinajstić information content (AvgIpc) is 2.52. The second-order valence-corrected chi connectivity index (χ2v) is 4.95. The monoisotopic (exact) mass is 299 g/mol. The molecule has 0 amide bonds. The van der Waals surface area contributed by atoms with Gasteiger partial charge in [0.15, 0.2) is 0 Å². The molecule has 0 unspecified atom stereocenters. The molecule has 0 aliphatic heterocycles. The number of benzene rings is 2. The van der Waals surface area contributed by atoms with E-state index >= 15 is 0 Å². The molecule has 106 valence electrons. The summed E-state index contributed by atoms with van der Waals surface area (Å²) in [5.74, 6) is 1.38. The maximum atomic E-state index is 6.31. The average molecular weight is 300 g/mol. The minimum atomic E-state index is 0.602. The zero-order valence-electron chi connectivity index (χ0n) is 11.4. The van der Waals surface area contributed by atoms with Crippen molar-refractivity contribution < 1.29 is 4.74 Å². The first kappa shape index (κ1) is 13.5. The summed E-state index contributed by atoms with van der Waals surface area (Å²) in [5.41, 5.74) is 7.49. The standard InChI is InChI=1S/C16H14ClN3O/c1-21-14-5-3-2-4-13(14)20-16-15-10(8-9-19-16)12(18)7-6-11(15)17/h2-9H,18H2,1H3,(H,19,20). The van der Waals surface area contributed by atoms with E-state index in [2.05, 4.69) is 10.3 Å². The van der Waals surface area contributed by atoms with Crippen molar-refractivity contribution in [3.63, 3.8) is 0 Å². The first-order chi connectivity index (χ1) is 10.2.